The molecule has 3 fully saturated rings. The summed E-state index contributed by atoms with van der Waals surface area (Å²) in [6.45, 7) is 5.09. The molecule has 258 valence electrons. The van der Waals surface area contributed by atoms with E-state index >= 15 is 0 Å². The van der Waals surface area contributed by atoms with Gasteiger partial charge in [-0.3, -0.25) is 0 Å². The highest BCUT2D eigenvalue weighted by atomic mass is 35.5. The number of fused-ring (bicyclic) bond motifs is 2. The van der Waals surface area contributed by atoms with Crippen molar-refractivity contribution in [2.24, 2.45) is 5.92 Å². The van der Waals surface area contributed by atoms with Crippen LogP contribution in [0.2, 0.25) is 5.02 Å². The Bertz CT molecular complexity index is 1930. The van der Waals surface area contributed by atoms with E-state index in [4.69, 9.17) is 26.3 Å². The Kier molecular flexibility index (Phi) is 8.65. The van der Waals surface area contributed by atoms with Crippen LogP contribution in [0.3, 0.4) is 0 Å². The zero-order chi connectivity index (χ0) is 34.4. The molecule has 3 aliphatic heterocycles. The van der Waals surface area contributed by atoms with Crippen molar-refractivity contribution >= 4 is 45.9 Å². The highest BCUT2D eigenvalue weighted by molar-refractivity contribution is 6.36. The summed E-state index contributed by atoms with van der Waals surface area (Å²) >= 11 is 6.77. The smallest absolute Gasteiger partial charge is 0.410 e. The second-order valence-electron chi connectivity index (χ2n) is 14.4. The van der Waals surface area contributed by atoms with Gasteiger partial charge in [-0.2, -0.15) is 10.2 Å². The van der Waals surface area contributed by atoms with E-state index in [1.807, 2.05) is 42.5 Å². The molecule has 1 amide bonds. The second kappa shape index (κ2) is 13.3. The van der Waals surface area contributed by atoms with Gasteiger partial charge in [0.15, 0.2) is 0 Å². The molecule has 1 aromatic heterocycles. The largest absolute Gasteiger partial charge is 0.445 e. The first kappa shape index (κ1) is 32.6. The Hall–Kier alpha value is -4.59. The van der Waals surface area contributed by atoms with Gasteiger partial charge in [-0.25, -0.2) is 9.78 Å². The summed E-state index contributed by atoms with van der Waals surface area (Å²) in [6.07, 6.45) is 3.10. The fourth-order valence-corrected chi connectivity index (χ4v) is 8.53. The molecule has 4 aromatic rings. The molecule has 0 N–H and O–H groups in total. The minimum atomic E-state index is -0.384. The summed E-state index contributed by atoms with van der Waals surface area (Å²) in [7, 11) is 4.40. The first-order chi connectivity index (χ1) is 24.3. The number of ether oxygens (including phenoxy) is 1. The molecule has 3 aromatic carbocycles. The van der Waals surface area contributed by atoms with Gasteiger partial charge in [0.1, 0.15) is 12.4 Å². The van der Waals surface area contributed by atoms with E-state index in [2.05, 4.69) is 64.0 Å². The van der Waals surface area contributed by atoms with E-state index in [0.29, 0.717) is 37.6 Å². The number of rotatable bonds is 8. The number of halogens is 1. The maximum absolute atomic E-state index is 13.3. The standard InChI is InChI=1S/C39H43ClN8O2/c1-44(2)39(16-17-39)29-22-47(23-29)37-42-33-25-45(34-13-7-11-28-10-6-12-32(40)35(28)34)19-15-31(33)36(43-37)46-20-21-48(30(24-46)14-18-41)38(49)50-26-27-8-4-3-5-9-27/h3-13,29-30H,14-17,19-26H2,1-2H3/t30-/m0/s1. The molecule has 4 aliphatic rings. The fourth-order valence-electron chi connectivity index (χ4n) is 8.25. The minimum Gasteiger partial charge on any atom is -0.445 e. The summed E-state index contributed by atoms with van der Waals surface area (Å²) in [5, 5.41) is 12.7. The molecule has 1 atom stereocenters. The number of carbonyl (C=O) groups excluding carboxylic acids is 1. The number of nitriles is 1. The predicted molar refractivity (Wildman–Crippen MR) is 197 cm³/mol. The van der Waals surface area contributed by atoms with Gasteiger partial charge in [0, 0.05) is 67.4 Å². The summed E-state index contributed by atoms with van der Waals surface area (Å²) in [4.78, 5) is 35.0. The summed E-state index contributed by atoms with van der Waals surface area (Å²) in [5.41, 5.74) is 4.52. The highest BCUT2D eigenvalue weighted by Crippen LogP contribution is 2.50. The molecule has 10 nitrogen and oxygen atoms in total. The van der Waals surface area contributed by atoms with E-state index in [1.54, 1.807) is 4.90 Å². The molecule has 0 radical (unpaired) electrons. The van der Waals surface area contributed by atoms with Crippen LogP contribution in [0.15, 0.2) is 66.7 Å². The van der Waals surface area contributed by atoms with Gasteiger partial charge >= 0.3 is 6.09 Å². The quantitative estimate of drug-likeness (QED) is 0.217. The first-order valence-electron chi connectivity index (χ1n) is 17.7. The lowest BCUT2D eigenvalue weighted by Gasteiger charge is -2.47. The zero-order valence-electron chi connectivity index (χ0n) is 28.8. The van der Waals surface area contributed by atoms with Crippen molar-refractivity contribution in [3.63, 3.8) is 0 Å². The number of nitrogens with zero attached hydrogens (tertiary/aromatic N) is 8. The van der Waals surface area contributed by atoms with E-state index < -0.39 is 0 Å². The zero-order valence-corrected chi connectivity index (χ0v) is 29.5. The van der Waals surface area contributed by atoms with Gasteiger partial charge < -0.3 is 29.2 Å². The molecule has 2 saturated heterocycles. The average molecular weight is 691 g/mol. The maximum Gasteiger partial charge on any atom is 0.410 e. The molecule has 1 saturated carbocycles. The van der Waals surface area contributed by atoms with E-state index in [0.717, 1.165) is 76.1 Å². The lowest BCUT2D eigenvalue weighted by atomic mass is 9.88. The number of carbonyl (C=O) groups is 1. The summed E-state index contributed by atoms with van der Waals surface area (Å²) in [6, 6.07) is 24.1. The number of hydrogen-bond donors (Lipinski definition) is 0. The lowest BCUT2D eigenvalue weighted by molar-refractivity contribution is 0.0768. The van der Waals surface area contributed by atoms with E-state index in [-0.39, 0.29) is 25.2 Å². The number of aromatic nitrogens is 2. The van der Waals surface area contributed by atoms with Gasteiger partial charge in [0.05, 0.1) is 35.8 Å². The molecule has 50 heavy (non-hydrogen) atoms. The third-order valence-electron chi connectivity index (χ3n) is 11.3. The summed E-state index contributed by atoms with van der Waals surface area (Å²) in [5.74, 6) is 2.29. The SMILES string of the molecule is CN(C)C1(C2CN(c3nc4c(c(N5CCN(C(=O)OCc6ccccc6)[C@@H](CC#N)C5)n3)CCN(c3cccc5cccc(Cl)c35)C4)C2)CC1. The Balaban J connectivity index is 1.08. The Labute approximate surface area is 298 Å². The van der Waals surface area contributed by atoms with Crippen LogP contribution < -0.4 is 14.7 Å². The fraction of sp³-hybridized carbons (Fsp3) is 0.436. The van der Waals surface area contributed by atoms with Crippen molar-refractivity contribution in [2.45, 2.75) is 50.4 Å². The molecule has 0 unspecified atom stereocenters. The van der Waals surface area contributed by atoms with Crippen molar-refractivity contribution in [3.8, 4) is 6.07 Å². The Morgan fingerprint density at radius 3 is 2.48 bits per heavy atom. The van der Waals surface area contributed by atoms with Gasteiger partial charge in [0.25, 0.3) is 0 Å². The van der Waals surface area contributed by atoms with Gasteiger partial charge in [0.2, 0.25) is 5.95 Å². The molecule has 8 rings (SSSR count). The predicted octanol–water partition coefficient (Wildman–Crippen LogP) is 6.12. The number of piperazine rings is 1. The van der Waals surface area contributed by atoms with Crippen molar-refractivity contribution in [3.05, 3.63) is 88.6 Å². The second-order valence-corrected chi connectivity index (χ2v) is 14.8. The first-order valence-corrected chi connectivity index (χ1v) is 18.1. The third-order valence-corrected chi connectivity index (χ3v) is 11.6. The molecule has 11 heteroatoms. The number of anilines is 3. The van der Waals surface area contributed by atoms with Gasteiger partial charge in [-0.15, -0.1) is 0 Å². The van der Waals surface area contributed by atoms with Crippen molar-refractivity contribution in [1.29, 1.82) is 5.26 Å². The molecule has 1 aliphatic carbocycles. The molecule has 4 heterocycles. The third kappa shape index (κ3) is 5.96. The van der Waals surface area contributed by atoms with Crippen LogP contribution in [0, 0.1) is 17.2 Å². The molecule has 0 spiro atoms. The lowest BCUT2D eigenvalue weighted by Crippen LogP contribution is -2.58. The Morgan fingerprint density at radius 2 is 1.74 bits per heavy atom. The van der Waals surface area contributed by atoms with Crippen LogP contribution in [0.4, 0.5) is 22.2 Å². The van der Waals surface area contributed by atoms with Gasteiger partial charge in [-0.1, -0.05) is 66.2 Å². The molecular weight excluding hydrogens is 648 g/mol. The van der Waals surface area contributed by atoms with Crippen molar-refractivity contribution < 1.29 is 9.53 Å². The highest BCUT2D eigenvalue weighted by Gasteiger charge is 2.55. The van der Waals surface area contributed by atoms with Crippen LogP contribution in [0.5, 0.6) is 0 Å². The van der Waals surface area contributed by atoms with Crippen LogP contribution in [-0.2, 0) is 24.3 Å². The molecular formula is C39H43ClN8O2. The molecule has 0 bridgehead atoms. The summed E-state index contributed by atoms with van der Waals surface area (Å²) < 4.78 is 5.71. The topological polar surface area (TPSA) is 92.1 Å². The van der Waals surface area contributed by atoms with Crippen LogP contribution in [0.1, 0.15) is 36.1 Å². The minimum absolute atomic E-state index is 0.201. The van der Waals surface area contributed by atoms with E-state index in [9.17, 15) is 10.1 Å². The van der Waals surface area contributed by atoms with Crippen LogP contribution in [0.25, 0.3) is 10.8 Å². The normalized spacial score (nSPS) is 20.0. The number of hydrogen-bond acceptors (Lipinski definition) is 9. The maximum atomic E-state index is 13.3. The van der Waals surface area contributed by atoms with Crippen LogP contribution in [-0.4, -0.2) is 90.8 Å². The van der Waals surface area contributed by atoms with Gasteiger partial charge in [-0.05, 0) is 56.4 Å². The van der Waals surface area contributed by atoms with Crippen molar-refractivity contribution in [2.75, 3.05) is 68.1 Å². The van der Waals surface area contributed by atoms with E-state index in [1.165, 1.54) is 12.8 Å². The average Bonchev–Trinajstić information content (AvgIpc) is 3.92. The monoisotopic (exact) mass is 690 g/mol. The Morgan fingerprint density at radius 1 is 0.960 bits per heavy atom. The van der Waals surface area contributed by atoms with Crippen molar-refractivity contribution in [1.82, 2.24) is 19.8 Å². The van der Waals surface area contributed by atoms with Crippen LogP contribution >= 0.6 is 11.6 Å². The number of amides is 1. The number of benzene rings is 3.